The summed E-state index contributed by atoms with van der Waals surface area (Å²) in [5, 5.41) is 9.26. The summed E-state index contributed by atoms with van der Waals surface area (Å²) in [5.41, 5.74) is 2.45. The molecule has 0 fully saturated rings. The lowest BCUT2D eigenvalue weighted by Gasteiger charge is -2.08. The minimum absolute atomic E-state index is 0.191. The van der Waals surface area contributed by atoms with Crippen LogP contribution in [-0.2, 0) is 0 Å². The summed E-state index contributed by atoms with van der Waals surface area (Å²) in [6.07, 6.45) is 1.63. The van der Waals surface area contributed by atoms with Crippen molar-refractivity contribution in [2.45, 2.75) is 0 Å². The summed E-state index contributed by atoms with van der Waals surface area (Å²) >= 11 is 0. The minimum atomic E-state index is -0.437. The standard InChI is InChI=1S/C17H16FN3O/c1-21(2)11-20-16-6-4-12(8-14(16)10-19)13-5-7-17(22-3)15(18)9-13/h4-9,11H,1-3H3. The van der Waals surface area contributed by atoms with Gasteiger partial charge in [0.2, 0.25) is 0 Å². The molecule has 0 amide bonds. The van der Waals surface area contributed by atoms with Gasteiger partial charge in [0, 0.05) is 14.1 Å². The number of hydrogen-bond acceptors (Lipinski definition) is 3. The topological polar surface area (TPSA) is 48.6 Å². The average molecular weight is 297 g/mol. The number of rotatable bonds is 4. The van der Waals surface area contributed by atoms with E-state index in [4.69, 9.17) is 4.74 Å². The summed E-state index contributed by atoms with van der Waals surface area (Å²) in [6, 6.07) is 12.1. The van der Waals surface area contributed by atoms with Crippen LogP contribution < -0.4 is 4.74 Å². The van der Waals surface area contributed by atoms with Gasteiger partial charge in [-0.25, -0.2) is 9.38 Å². The maximum absolute atomic E-state index is 13.8. The Morgan fingerprint density at radius 1 is 1.18 bits per heavy atom. The smallest absolute Gasteiger partial charge is 0.165 e. The molecule has 2 rings (SSSR count). The second-order valence-electron chi connectivity index (χ2n) is 4.90. The molecule has 0 saturated heterocycles. The third kappa shape index (κ3) is 3.41. The van der Waals surface area contributed by atoms with Crippen molar-refractivity contribution < 1.29 is 9.13 Å². The predicted octanol–water partition coefficient (Wildman–Crippen LogP) is 3.59. The largest absolute Gasteiger partial charge is 0.494 e. The van der Waals surface area contributed by atoms with Gasteiger partial charge in [0.25, 0.3) is 0 Å². The normalized spacial score (nSPS) is 10.5. The zero-order valence-electron chi connectivity index (χ0n) is 12.7. The molecule has 0 atom stereocenters. The van der Waals surface area contributed by atoms with Gasteiger partial charge in [-0.15, -0.1) is 0 Å². The van der Waals surface area contributed by atoms with Gasteiger partial charge < -0.3 is 9.64 Å². The molecule has 0 radical (unpaired) electrons. The SMILES string of the molecule is COc1ccc(-c2ccc(N=CN(C)C)c(C#N)c2)cc1F. The zero-order valence-corrected chi connectivity index (χ0v) is 12.7. The van der Waals surface area contributed by atoms with E-state index in [0.29, 0.717) is 16.8 Å². The van der Waals surface area contributed by atoms with Gasteiger partial charge in [0.05, 0.1) is 24.7 Å². The number of aliphatic imine (C=N–C) groups is 1. The van der Waals surface area contributed by atoms with E-state index < -0.39 is 5.82 Å². The van der Waals surface area contributed by atoms with E-state index in [1.807, 2.05) is 20.2 Å². The third-order valence-corrected chi connectivity index (χ3v) is 3.03. The highest BCUT2D eigenvalue weighted by Crippen LogP contribution is 2.29. The predicted molar refractivity (Wildman–Crippen MR) is 84.9 cm³/mol. The second-order valence-corrected chi connectivity index (χ2v) is 4.90. The molecule has 0 bridgehead atoms. The first kappa shape index (κ1) is 15.5. The first-order valence-electron chi connectivity index (χ1n) is 6.64. The highest BCUT2D eigenvalue weighted by molar-refractivity contribution is 5.72. The number of nitrogens with zero attached hydrogens (tertiary/aromatic N) is 3. The van der Waals surface area contributed by atoms with Crippen molar-refractivity contribution in [3.8, 4) is 22.9 Å². The number of nitriles is 1. The molecular weight excluding hydrogens is 281 g/mol. The summed E-state index contributed by atoms with van der Waals surface area (Å²) in [5.74, 6) is -0.246. The molecule has 0 saturated carbocycles. The van der Waals surface area contributed by atoms with Crippen molar-refractivity contribution in [2.24, 2.45) is 4.99 Å². The van der Waals surface area contributed by atoms with Crippen molar-refractivity contribution in [1.29, 1.82) is 5.26 Å². The Bertz CT molecular complexity index is 748. The van der Waals surface area contributed by atoms with Crippen LogP contribution in [-0.4, -0.2) is 32.4 Å². The minimum Gasteiger partial charge on any atom is -0.494 e. The lowest BCUT2D eigenvalue weighted by molar-refractivity contribution is 0.386. The Kier molecular flexibility index (Phi) is 4.74. The van der Waals surface area contributed by atoms with Crippen LogP contribution in [0.1, 0.15) is 5.56 Å². The molecule has 0 spiro atoms. The molecule has 0 aliphatic rings. The van der Waals surface area contributed by atoms with E-state index in [1.54, 1.807) is 35.5 Å². The number of ether oxygens (including phenoxy) is 1. The first-order chi connectivity index (χ1) is 10.5. The van der Waals surface area contributed by atoms with E-state index >= 15 is 0 Å². The van der Waals surface area contributed by atoms with Gasteiger partial charge in [0.1, 0.15) is 6.07 Å². The van der Waals surface area contributed by atoms with Crippen molar-refractivity contribution >= 4 is 12.0 Å². The molecule has 0 unspecified atom stereocenters. The Balaban J connectivity index is 2.42. The quantitative estimate of drug-likeness (QED) is 0.640. The highest BCUT2D eigenvalue weighted by Gasteiger charge is 2.08. The van der Waals surface area contributed by atoms with Crippen LogP contribution >= 0.6 is 0 Å². The van der Waals surface area contributed by atoms with Crippen LogP contribution in [0.4, 0.5) is 10.1 Å². The molecule has 2 aromatic rings. The van der Waals surface area contributed by atoms with Crippen LogP contribution in [0.5, 0.6) is 5.75 Å². The van der Waals surface area contributed by atoms with Gasteiger partial charge in [0.15, 0.2) is 11.6 Å². The molecule has 112 valence electrons. The molecule has 2 aromatic carbocycles. The summed E-state index contributed by atoms with van der Waals surface area (Å²) < 4.78 is 18.7. The molecule has 0 aliphatic carbocycles. The van der Waals surface area contributed by atoms with Crippen LogP contribution in [0.25, 0.3) is 11.1 Å². The molecule has 5 heteroatoms. The van der Waals surface area contributed by atoms with Crippen LogP contribution in [0.3, 0.4) is 0 Å². The maximum atomic E-state index is 13.8. The fraction of sp³-hybridized carbons (Fsp3) is 0.176. The maximum Gasteiger partial charge on any atom is 0.165 e. The number of methoxy groups -OCH3 is 1. The lowest BCUT2D eigenvalue weighted by atomic mass is 10.0. The van der Waals surface area contributed by atoms with Crippen molar-refractivity contribution in [3.05, 3.63) is 47.8 Å². The Morgan fingerprint density at radius 3 is 2.45 bits per heavy atom. The number of hydrogen-bond donors (Lipinski definition) is 0. The Labute approximate surface area is 129 Å². The van der Waals surface area contributed by atoms with Gasteiger partial charge in [-0.2, -0.15) is 5.26 Å². The molecule has 0 N–H and O–H groups in total. The van der Waals surface area contributed by atoms with Crippen molar-refractivity contribution in [3.63, 3.8) is 0 Å². The van der Waals surface area contributed by atoms with Crippen molar-refractivity contribution in [1.82, 2.24) is 4.90 Å². The zero-order chi connectivity index (χ0) is 16.1. The third-order valence-electron chi connectivity index (χ3n) is 3.03. The van der Waals surface area contributed by atoms with Gasteiger partial charge in [-0.05, 0) is 35.4 Å². The van der Waals surface area contributed by atoms with E-state index in [1.165, 1.54) is 13.2 Å². The van der Waals surface area contributed by atoms with Gasteiger partial charge in [-0.3, -0.25) is 0 Å². The summed E-state index contributed by atoms with van der Waals surface area (Å²) in [6.45, 7) is 0. The van der Waals surface area contributed by atoms with E-state index in [-0.39, 0.29) is 5.75 Å². The molecule has 4 nitrogen and oxygen atoms in total. The second kappa shape index (κ2) is 6.72. The van der Waals surface area contributed by atoms with E-state index in [9.17, 15) is 9.65 Å². The molecule has 0 aliphatic heterocycles. The number of halogens is 1. The summed E-state index contributed by atoms with van der Waals surface area (Å²) in [4.78, 5) is 6.03. The van der Waals surface area contributed by atoms with E-state index in [0.717, 1.165) is 5.56 Å². The van der Waals surface area contributed by atoms with E-state index in [2.05, 4.69) is 11.1 Å². The van der Waals surface area contributed by atoms with Crippen LogP contribution in [0.15, 0.2) is 41.4 Å². The monoisotopic (exact) mass is 297 g/mol. The fourth-order valence-corrected chi connectivity index (χ4v) is 1.94. The molecule has 0 aromatic heterocycles. The van der Waals surface area contributed by atoms with Gasteiger partial charge >= 0.3 is 0 Å². The first-order valence-corrected chi connectivity index (χ1v) is 6.64. The molecular formula is C17H16FN3O. The van der Waals surface area contributed by atoms with Crippen LogP contribution in [0.2, 0.25) is 0 Å². The summed E-state index contributed by atoms with van der Waals surface area (Å²) in [7, 11) is 5.12. The molecule has 22 heavy (non-hydrogen) atoms. The average Bonchev–Trinajstić information content (AvgIpc) is 2.52. The molecule has 0 heterocycles. The van der Waals surface area contributed by atoms with Crippen molar-refractivity contribution in [2.75, 3.05) is 21.2 Å². The van der Waals surface area contributed by atoms with Crippen LogP contribution in [0, 0.1) is 17.1 Å². The fourth-order valence-electron chi connectivity index (χ4n) is 1.94. The Hall–Kier alpha value is -2.87. The number of benzene rings is 2. The van der Waals surface area contributed by atoms with Gasteiger partial charge in [-0.1, -0.05) is 12.1 Å². The lowest BCUT2D eigenvalue weighted by Crippen LogP contribution is -2.07. The Morgan fingerprint density at radius 2 is 1.86 bits per heavy atom. The highest BCUT2D eigenvalue weighted by atomic mass is 19.1.